The van der Waals surface area contributed by atoms with Crippen molar-refractivity contribution in [2.75, 3.05) is 18.1 Å². The molecule has 122 valence electrons. The number of fused-ring (bicyclic) bond motifs is 1. The van der Waals surface area contributed by atoms with Crippen molar-refractivity contribution < 1.29 is 21.6 Å². The van der Waals surface area contributed by atoms with Gasteiger partial charge in [0, 0.05) is 25.2 Å². The lowest BCUT2D eigenvalue weighted by Crippen LogP contribution is -2.37. The normalized spacial score (nSPS) is 28.0. The van der Waals surface area contributed by atoms with E-state index in [-0.39, 0.29) is 42.2 Å². The highest BCUT2D eigenvalue weighted by molar-refractivity contribution is 7.91. The lowest BCUT2D eigenvalue weighted by molar-refractivity contribution is -0.138. The molecule has 2 aliphatic rings. The van der Waals surface area contributed by atoms with Gasteiger partial charge in [-0.25, -0.2) is 8.42 Å². The number of benzene rings is 1. The molecule has 0 saturated carbocycles. The molecular formula is C14H17F3N2O2S. The van der Waals surface area contributed by atoms with Gasteiger partial charge in [-0.1, -0.05) is 12.1 Å². The number of hydrogen-bond donors (Lipinski definition) is 1. The van der Waals surface area contributed by atoms with E-state index < -0.39 is 21.6 Å². The molecule has 0 radical (unpaired) electrons. The van der Waals surface area contributed by atoms with Gasteiger partial charge in [0.2, 0.25) is 0 Å². The first-order valence-corrected chi connectivity index (χ1v) is 8.90. The third-order valence-corrected chi connectivity index (χ3v) is 6.27. The molecule has 0 bridgehead atoms. The quantitative estimate of drug-likeness (QED) is 0.894. The summed E-state index contributed by atoms with van der Waals surface area (Å²) in [6.07, 6.45) is -3.96. The number of sulfone groups is 1. The van der Waals surface area contributed by atoms with Crippen molar-refractivity contribution in [3.05, 3.63) is 34.9 Å². The van der Waals surface area contributed by atoms with Crippen LogP contribution in [-0.4, -0.2) is 37.4 Å². The van der Waals surface area contributed by atoms with Gasteiger partial charge >= 0.3 is 6.18 Å². The average Bonchev–Trinajstić information content (AvgIpc) is 2.96. The highest BCUT2D eigenvalue weighted by atomic mass is 32.2. The predicted molar refractivity (Wildman–Crippen MR) is 75.8 cm³/mol. The van der Waals surface area contributed by atoms with E-state index in [1.807, 2.05) is 4.90 Å². The monoisotopic (exact) mass is 334 g/mol. The molecule has 1 saturated heterocycles. The zero-order chi connectivity index (χ0) is 16.1. The Balaban J connectivity index is 1.98. The van der Waals surface area contributed by atoms with Crippen molar-refractivity contribution in [3.63, 3.8) is 0 Å². The van der Waals surface area contributed by atoms with Gasteiger partial charge in [-0.05, 0) is 23.6 Å². The molecular weight excluding hydrogens is 317 g/mol. The van der Waals surface area contributed by atoms with E-state index >= 15 is 0 Å². The first kappa shape index (κ1) is 15.8. The number of hydrogen-bond acceptors (Lipinski definition) is 4. The van der Waals surface area contributed by atoms with Crippen LogP contribution in [0.4, 0.5) is 13.2 Å². The van der Waals surface area contributed by atoms with E-state index in [4.69, 9.17) is 5.73 Å². The fourth-order valence-corrected chi connectivity index (χ4v) is 5.26. The summed E-state index contributed by atoms with van der Waals surface area (Å²) < 4.78 is 62.8. The average molecular weight is 334 g/mol. The molecule has 2 heterocycles. The van der Waals surface area contributed by atoms with Gasteiger partial charge in [0.25, 0.3) is 0 Å². The molecule has 2 unspecified atom stereocenters. The van der Waals surface area contributed by atoms with Crippen LogP contribution in [0.3, 0.4) is 0 Å². The highest BCUT2D eigenvalue weighted by Crippen LogP contribution is 2.43. The standard InChI is InChI=1S/C14H17F3N2O2S/c15-14(16,17)12-3-1-2-10-11(12)7-19(13(10)6-18)9-4-5-22(20,21)8-9/h1-3,9,13H,4-8,18H2. The fraction of sp³-hybridized carbons (Fsp3) is 0.571. The molecule has 2 atom stereocenters. The minimum Gasteiger partial charge on any atom is -0.329 e. The van der Waals surface area contributed by atoms with Crippen LogP contribution in [0.25, 0.3) is 0 Å². The summed E-state index contributed by atoms with van der Waals surface area (Å²) in [5.41, 5.74) is 5.92. The minimum absolute atomic E-state index is 0.00115. The molecule has 3 rings (SSSR count). The zero-order valence-electron chi connectivity index (χ0n) is 11.8. The molecule has 0 amide bonds. The van der Waals surface area contributed by atoms with Gasteiger partial charge in [0.1, 0.15) is 0 Å². The Bertz CT molecular complexity index is 688. The Morgan fingerprint density at radius 2 is 2.05 bits per heavy atom. The van der Waals surface area contributed by atoms with E-state index in [1.54, 1.807) is 6.07 Å². The number of alkyl halides is 3. The molecule has 8 heteroatoms. The Morgan fingerprint density at radius 1 is 1.32 bits per heavy atom. The molecule has 2 N–H and O–H groups in total. The lowest BCUT2D eigenvalue weighted by atomic mass is 9.99. The van der Waals surface area contributed by atoms with Crippen molar-refractivity contribution in [1.29, 1.82) is 0 Å². The molecule has 1 fully saturated rings. The molecule has 0 spiro atoms. The Kier molecular flexibility index (Phi) is 3.73. The number of nitrogens with two attached hydrogens (primary N) is 1. The third kappa shape index (κ3) is 2.63. The summed E-state index contributed by atoms with van der Waals surface area (Å²) in [5.74, 6) is 0.0901. The first-order valence-electron chi connectivity index (χ1n) is 7.08. The largest absolute Gasteiger partial charge is 0.416 e. The number of rotatable bonds is 2. The van der Waals surface area contributed by atoms with Crippen molar-refractivity contribution in [3.8, 4) is 0 Å². The van der Waals surface area contributed by atoms with E-state index in [1.165, 1.54) is 6.07 Å². The van der Waals surface area contributed by atoms with Crippen LogP contribution in [0, 0.1) is 0 Å². The van der Waals surface area contributed by atoms with Crippen molar-refractivity contribution >= 4 is 9.84 Å². The summed E-state index contributed by atoms with van der Waals surface area (Å²) in [6.45, 7) is 0.276. The summed E-state index contributed by atoms with van der Waals surface area (Å²) >= 11 is 0. The highest BCUT2D eigenvalue weighted by Gasteiger charge is 2.43. The van der Waals surface area contributed by atoms with Crippen LogP contribution >= 0.6 is 0 Å². The summed E-state index contributed by atoms with van der Waals surface area (Å²) in [4.78, 5) is 1.82. The maximum atomic E-state index is 13.2. The topological polar surface area (TPSA) is 63.4 Å². The third-order valence-electron chi connectivity index (χ3n) is 4.52. The second kappa shape index (κ2) is 5.21. The molecule has 1 aromatic rings. The molecule has 0 aromatic heterocycles. The maximum Gasteiger partial charge on any atom is 0.416 e. The first-order chi connectivity index (χ1) is 10.2. The Morgan fingerprint density at radius 3 is 2.59 bits per heavy atom. The van der Waals surface area contributed by atoms with Gasteiger partial charge in [-0.2, -0.15) is 13.2 Å². The summed E-state index contributed by atoms with van der Waals surface area (Å²) in [7, 11) is -3.10. The maximum absolute atomic E-state index is 13.2. The number of nitrogens with zero attached hydrogens (tertiary/aromatic N) is 1. The zero-order valence-corrected chi connectivity index (χ0v) is 12.6. The molecule has 4 nitrogen and oxygen atoms in total. The van der Waals surface area contributed by atoms with Crippen LogP contribution < -0.4 is 5.73 Å². The van der Waals surface area contributed by atoms with E-state index in [2.05, 4.69) is 0 Å². The van der Waals surface area contributed by atoms with Gasteiger partial charge in [-0.15, -0.1) is 0 Å². The summed E-state index contributed by atoms with van der Waals surface area (Å²) in [5, 5.41) is 0. The Hall–Kier alpha value is -1.12. The van der Waals surface area contributed by atoms with Gasteiger partial charge in [0.15, 0.2) is 9.84 Å². The van der Waals surface area contributed by atoms with E-state index in [0.717, 1.165) is 6.07 Å². The SMILES string of the molecule is NCC1c2cccc(C(F)(F)F)c2CN1C1CCS(=O)(=O)C1. The van der Waals surface area contributed by atoms with Gasteiger partial charge < -0.3 is 5.73 Å². The van der Waals surface area contributed by atoms with Crippen molar-refractivity contribution in [2.24, 2.45) is 5.73 Å². The molecule has 1 aromatic carbocycles. The van der Waals surface area contributed by atoms with Crippen LogP contribution in [0.15, 0.2) is 18.2 Å². The van der Waals surface area contributed by atoms with E-state index in [9.17, 15) is 21.6 Å². The van der Waals surface area contributed by atoms with Crippen LogP contribution in [0.5, 0.6) is 0 Å². The summed E-state index contributed by atoms with van der Waals surface area (Å²) in [6, 6.07) is 3.51. The number of halogens is 3. The van der Waals surface area contributed by atoms with Crippen molar-refractivity contribution in [1.82, 2.24) is 4.90 Å². The van der Waals surface area contributed by atoms with Gasteiger partial charge in [-0.3, -0.25) is 4.90 Å². The predicted octanol–water partition coefficient (Wildman–Crippen LogP) is 1.71. The van der Waals surface area contributed by atoms with Crippen LogP contribution in [-0.2, 0) is 22.6 Å². The second-order valence-electron chi connectivity index (χ2n) is 5.85. The second-order valence-corrected chi connectivity index (χ2v) is 8.08. The Labute approximate surface area is 127 Å². The van der Waals surface area contributed by atoms with E-state index in [0.29, 0.717) is 12.0 Å². The molecule has 2 aliphatic heterocycles. The fourth-order valence-electron chi connectivity index (χ4n) is 3.51. The van der Waals surface area contributed by atoms with Crippen LogP contribution in [0.2, 0.25) is 0 Å². The van der Waals surface area contributed by atoms with Crippen molar-refractivity contribution in [2.45, 2.75) is 31.2 Å². The lowest BCUT2D eigenvalue weighted by Gasteiger charge is -2.29. The molecule has 0 aliphatic carbocycles. The molecule has 22 heavy (non-hydrogen) atoms. The minimum atomic E-state index is -4.41. The smallest absolute Gasteiger partial charge is 0.329 e. The van der Waals surface area contributed by atoms with Crippen LogP contribution in [0.1, 0.15) is 29.2 Å². The van der Waals surface area contributed by atoms with Gasteiger partial charge in [0.05, 0.1) is 17.1 Å².